The Balaban J connectivity index is 2.28. The molecule has 0 fully saturated rings. The fourth-order valence-electron chi connectivity index (χ4n) is 1.46. The summed E-state index contributed by atoms with van der Waals surface area (Å²) in [4.78, 5) is 9.81. The van der Waals surface area contributed by atoms with Gasteiger partial charge in [0, 0.05) is 11.0 Å². The van der Waals surface area contributed by atoms with Crippen LogP contribution in [-0.4, -0.2) is 9.97 Å². The first-order chi connectivity index (χ1) is 8.04. The van der Waals surface area contributed by atoms with Gasteiger partial charge in [0.05, 0.1) is 0 Å². The van der Waals surface area contributed by atoms with Crippen molar-refractivity contribution in [1.82, 2.24) is 9.97 Å². The molecule has 2 aromatic rings. The molecule has 1 aromatic carbocycles. The highest BCUT2D eigenvalue weighted by atomic mass is 79.9. The average molecular weight is 309 g/mol. The van der Waals surface area contributed by atoms with E-state index >= 15 is 0 Å². The standard InChI is InChI=1S/C13H13BrN2S/c1-8-4-5-11(6-9(8)2)17-13-7-12(14)15-10(3)16-13/h4-7H,1-3H3. The van der Waals surface area contributed by atoms with Crippen molar-refractivity contribution in [2.24, 2.45) is 0 Å². The monoisotopic (exact) mass is 308 g/mol. The molecule has 2 rings (SSSR count). The zero-order chi connectivity index (χ0) is 12.4. The van der Waals surface area contributed by atoms with Crippen molar-refractivity contribution >= 4 is 27.7 Å². The second-order valence-corrected chi connectivity index (χ2v) is 5.83. The first-order valence-corrected chi connectivity index (χ1v) is 6.92. The van der Waals surface area contributed by atoms with Crippen LogP contribution in [0, 0.1) is 20.8 Å². The predicted octanol–water partition coefficient (Wildman–Crippen LogP) is 4.32. The van der Waals surface area contributed by atoms with Crippen LogP contribution in [0.2, 0.25) is 0 Å². The third-order valence-electron chi connectivity index (χ3n) is 2.48. The zero-order valence-electron chi connectivity index (χ0n) is 9.99. The Labute approximate surface area is 114 Å². The molecular weight excluding hydrogens is 296 g/mol. The maximum absolute atomic E-state index is 4.40. The summed E-state index contributed by atoms with van der Waals surface area (Å²) in [5, 5.41) is 0.965. The summed E-state index contributed by atoms with van der Waals surface area (Å²) >= 11 is 5.05. The van der Waals surface area contributed by atoms with Crippen LogP contribution in [0.15, 0.2) is 38.8 Å². The molecule has 0 aliphatic rings. The second-order valence-electron chi connectivity index (χ2n) is 3.92. The van der Waals surface area contributed by atoms with Crippen molar-refractivity contribution in [3.63, 3.8) is 0 Å². The Kier molecular flexibility index (Phi) is 3.84. The highest BCUT2D eigenvalue weighted by Crippen LogP contribution is 2.28. The highest BCUT2D eigenvalue weighted by molar-refractivity contribution is 9.10. The van der Waals surface area contributed by atoms with E-state index in [0.717, 1.165) is 15.5 Å². The van der Waals surface area contributed by atoms with Crippen LogP contribution in [0.3, 0.4) is 0 Å². The van der Waals surface area contributed by atoms with Crippen molar-refractivity contribution in [1.29, 1.82) is 0 Å². The number of aryl methyl sites for hydroxylation is 3. The van der Waals surface area contributed by atoms with Crippen LogP contribution in [0.5, 0.6) is 0 Å². The summed E-state index contributed by atoms with van der Waals surface area (Å²) in [5.74, 6) is 0.783. The van der Waals surface area contributed by atoms with Gasteiger partial charge in [0.15, 0.2) is 0 Å². The van der Waals surface area contributed by atoms with E-state index in [0.29, 0.717) is 0 Å². The Morgan fingerprint density at radius 1 is 1.00 bits per heavy atom. The molecule has 1 heterocycles. The SMILES string of the molecule is Cc1nc(Br)cc(Sc2ccc(C)c(C)c2)n1. The van der Waals surface area contributed by atoms with Gasteiger partial charge >= 0.3 is 0 Å². The van der Waals surface area contributed by atoms with Crippen LogP contribution in [0.4, 0.5) is 0 Å². The molecule has 0 N–H and O–H groups in total. The van der Waals surface area contributed by atoms with Crippen molar-refractivity contribution < 1.29 is 0 Å². The predicted molar refractivity (Wildman–Crippen MR) is 74.5 cm³/mol. The van der Waals surface area contributed by atoms with E-state index in [1.54, 1.807) is 11.8 Å². The van der Waals surface area contributed by atoms with E-state index in [1.807, 2.05) is 13.0 Å². The summed E-state index contributed by atoms with van der Waals surface area (Å²) in [5.41, 5.74) is 2.62. The molecule has 0 saturated carbocycles. The van der Waals surface area contributed by atoms with E-state index in [-0.39, 0.29) is 0 Å². The molecule has 0 bridgehead atoms. The van der Waals surface area contributed by atoms with Crippen molar-refractivity contribution in [3.8, 4) is 0 Å². The van der Waals surface area contributed by atoms with Gasteiger partial charge in [-0.3, -0.25) is 0 Å². The van der Waals surface area contributed by atoms with Gasteiger partial charge in [-0.2, -0.15) is 0 Å². The van der Waals surface area contributed by atoms with Gasteiger partial charge in [-0.15, -0.1) is 0 Å². The summed E-state index contributed by atoms with van der Waals surface area (Å²) in [6.07, 6.45) is 0. The van der Waals surface area contributed by atoms with Crippen LogP contribution in [0.1, 0.15) is 17.0 Å². The molecule has 17 heavy (non-hydrogen) atoms. The Bertz CT molecular complexity index is 535. The molecule has 0 unspecified atom stereocenters. The minimum absolute atomic E-state index is 0.783. The van der Waals surface area contributed by atoms with Crippen LogP contribution in [0.25, 0.3) is 0 Å². The Morgan fingerprint density at radius 3 is 2.41 bits per heavy atom. The van der Waals surface area contributed by atoms with Gasteiger partial charge in [-0.05, 0) is 60.0 Å². The molecule has 1 aromatic heterocycles. The molecule has 0 spiro atoms. The summed E-state index contributed by atoms with van der Waals surface area (Å²) in [6.45, 7) is 6.14. The van der Waals surface area contributed by atoms with Gasteiger partial charge in [-0.25, -0.2) is 9.97 Å². The van der Waals surface area contributed by atoms with E-state index in [1.165, 1.54) is 16.0 Å². The van der Waals surface area contributed by atoms with Crippen LogP contribution in [-0.2, 0) is 0 Å². The van der Waals surface area contributed by atoms with Crippen molar-refractivity contribution in [3.05, 3.63) is 45.8 Å². The molecule has 4 heteroatoms. The number of nitrogens with zero attached hydrogens (tertiary/aromatic N) is 2. The molecule has 0 aliphatic heterocycles. The van der Waals surface area contributed by atoms with Gasteiger partial charge in [0.25, 0.3) is 0 Å². The first kappa shape index (κ1) is 12.6. The second kappa shape index (κ2) is 5.19. The smallest absolute Gasteiger partial charge is 0.127 e. The molecular formula is C13H13BrN2S. The molecule has 0 atom stereocenters. The lowest BCUT2D eigenvalue weighted by Gasteiger charge is -2.05. The molecule has 0 saturated heterocycles. The van der Waals surface area contributed by atoms with E-state index < -0.39 is 0 Å². The van der Waals surface area contributed by atoms with E-state index in [2.05, 4.69) is 57.9 Å². The first-order valence-electron chi connectivity index (χ1n) is 5.31. The lowest BCUT2D eigenvalue weighted by Crippen LogP contribution is -1.90. The minimum Gasteiger partial charge on any atom is -0.226 e. The van der Waals surface area contributed by atoms with Crippen molar-refractivity contribution in [2.45, 2.75) is 30.7 Å². The third-order valence-corrected chi connectivity index (χ3v) is 3.80. The normalized spacial score (nSPS) is 10.6. The fraction of sp³-hybridized carbons (Fsp3) is 0.231. The fourth-order valence-corrected chi connectivity index (χ4v) is 3.04. The number of hydrogen-bond donors (Lipinski definition) is 0. The highest BCUT2D eigenvalue weighted by Gasteiger charge is 2.03. The molecule has 0 aliphatic carbocycles. The lowest BCUT2D eigenvalue weighted by atomic mass is 10.1. The lowest BCUT2D eigenvalue weighted by molar-refractivity contribution is 0.951. The molecule has 88 valence electrons. The number of halogens is 1. The molecule has 2 nitrogen and oxygen atoms in total. The number of benzene rings is 1. The van der Waals surface area contributed by atoms with Gasteiger partial charge in [-0.1, -0.05) is 17.8 Å². The minimum atomic E-state index is 0.783. The number of rotatable bonds is 2. The number of aromatic nitrogens is 2. The maximum Gasteiger partial charge on any atom is 0.127 e. The van der Waals surface area contributed by atoms with Gasteiger partial charge in [0.2, 0.25) is 0 Å². The zero-order valence-corrected chi connectivity index (χ0v) is 12.4. The summed E-state index contributed by atoms with van der Waals surface area (Å²) in [6, 6.07) is 8.39. The molecule has 0 radical (unpaired) electrons. The Morgan fingerprint density at radius 2 is 1.76 bits per heavy atom. The third kappa shape index (κ3) is 3.30. The maximum atomic E-state index is 4.40. The van der Waals surface area contributed by atoms with E-state index in [4.69, 9.17) is 0 Å². The van der Waals surface area contributed by atoms with Crippen molar-refractivity contribution in [2.75, 3.05) is 0 Å². The summed E-state index contributed by atoms with van der Waals surface area (Å²) < 4.78 is 0.830. The van der Waals surface area contributed by atoms with Gasteiger partial charge < -0.3 is 0 Å². The van der Waals surface area contributed by atoms with Crippen LogP contribution >= 0.6 is 27.7 Å². The van der Waals surface area contributed by atoms with E-state index in [9.17, 15) is 0 Å². The Hall–Kier alpha value is -0.870. The quantitative estimate of drug-likeness (QED) is 0.773. The number of hydrogen-bond acceptors (Lipinski definition) is 3. The van der Waals surface area contributed by atoms with Crippen LogP contribution < -0.4 is 0 Å². The largest absolute Gasteiger partial charge is 0.226 e. The average Bonchev–Trinajstić information content (AvgIpc) is 2.22. The molecule has 0 amide bonds. The summed E-state index contributed by atoms with van der Waals surface area (Å²) in [7, 11) is 0. The van der Waals surface area contributed by atoms with Gasteiger partial charge in [0.1, 0.15) is 15.5 Å². The topological polar surface area (TPSA) is 25.8 Å².